The summed E-state index contributed by atoms with van der Waals surface area (Å²) in [5.74, 6) is 0.859. The lowest BCUT2D eigenvalue weighted by Crippen LogP contribution is -2.56. The molecule has 34 heavy (non-hydrogen) atoms. The number of piperidine rings is 1. The number of anilines is 1. The highest BCUT2D eigenvalue weighted by Gasteiger charge is 2.49. The van der Waals surface area contributed by atoms with E-state index in [1.807, 2.05) is 35.2 Å². The van der Waals surface area contributed by atoms with Gasteiger partial charge >= 0.3 is 0 Å². The Bertz CT molecular complexity index is 981. The molecule has 0 spiro atoms. The molecule has 0 radical (unpaired) electrons. The Kier molecular flexibility index (Phi) is 7.62. The van der Waals surface area contributed by atoms with Crippen LogP contribution in [0.1, 0.15) is 63.1 Å². The molecule has 3 atom stereocenters. The van der Waals surface area contributed by atoms with Gasteiger partial charge in [0.05, 0.1) is 18.8 Å². The van der Waals surface area contributed by atoms with Crippen LogP contribution in [0.25, 0.3) is 6.08 Å². The van der Waals surface area contributed by atoms with Crippen LogP contribution in [0.4, 0.5) is 5.69 Å². The third-order valence-corrected chi connectivity index (χ3v) is 7.75. The second-order valence-corrected chi connectivity index (χ2v) is 9.55. The fourth-order valence-electron chi connectivity index (χ4n) is 5.79. The van der Waals surface area contributed by atoms with E-state index in [4.69, 9.17) is 4.74 Å². The van der Waals surface area contributed by atoms with Crippen LogP contribution in [-0.4, -0.2) is 48.3 Å². The highest BCUT2D eigenvalue weighted by Crippen LogP contribution is 2.49. The van der Waals surface area contributed by atoms with Crippen LogP contribution in [0, 0.1) is 5.92 Å². The predicted molar refractivity (Wildman–Crippen MR) is 138 cm³/mol. The van der Waals surface area contributed by atoms with Gasteiger partial charge < -0.3 is 19.6 Å². The van der Waals surface area contributed by atoms with Crippen LogP contribution in [-0.2, 0) is 4.79 Å². The Morgan fingerprint density at radius 2 is 1.79 bits per heavy atom. The van der Waals surface area contributed by atoms with E-state index < -0.39 is 5.60 Å². The van der Waals surface area contributed by atoms with Crippen molar-refractivity contribution in [2.75, 3.05) is 31.6 Å². The van der Waals surface area contributed by atoms with Crippen LogP contribution >= 0.6 is 0 Å². The summed E-state index contributed by atoms with van der Waals surface area (Å²) >= 11 is 0. The molecule has 4 rings (SSSR count). The number of benzene rings is 2. The Hall–Kier alpha value is -2.79. The first-order valence-electron chi connectivity index (χ1n) is 12.7. The van der Waals surface area contributed by atoms with E-state index in [0.717, 1.165) is 55.6 Å². The van der Waals surface area contributed by atoms with Crippen LogP contribution in [0.15, 0.2) is 54.6 Å². The van der Waals surface area contributed by atoms with E-state index in [9.17, 15) is 9.90 Å². The van der Waals surface area contributed by atoms with Crippen LogP contribution in [0.5, 0.6) is 5.75 Å². The number of likely N-dealkylation sites (tertiary alicyclic amines) is 1. The molecule has 5 heteroatoms. The van der Waals surface area contributed by atoms with Crippen LogP contribution in [0.3, 0.4) is 0 Å². The normalized spacial score (nSPS) is 24.6. The zero-order chi connectivity index (χ0) is 24.1. The minimum atomic E-state index is -0.684. The fourth-order valence-corrected chi connectivity index (χ4v) is 5.79. The summed E-state index contributed by atoms with van der Waals surface area (Å²) in [6, 6.07) is 16.2. The lowest BCUT2D eigenvalue weighted by Gasteiger charge is -2.52. The standard InChI is InChI=1S/C29H38N2O3/c1-4-30(5-2)24-14-12-23(13-15-24)28-26-8-6-7-19-29(26,33)20-21-31(28)27(32)18-11-22-9-16-25(34-3)17-10-22/h9-18,26,28,33H,4-8,19-21H2,1-3H3/b18-11+. The summed E-state index contributed by atoms with van der Waals surface area (Å²) in [6.45, 7) is 6.82. The first kappa shape index (κ1) is 24.3. The average molecular weight is 463 g/mol. The van der Waals surface area contributed by atoms with Crippen molar-refractivity contribution in [2.45, 2.75) is 57.6 Å². The minimum absolute atomic E-state index is 0.00117. The minimum Gasteiger partial charge on any atom is -0.497 e. The highest BCUT2D eigenvalue weighted by atomic mass is 16.5. The van der Waals surface area contributed by atoms with Gasteiger partial charge in [-0.3, -0.25) is 4.79 Å². The number of ether oxygens (including phenoxy) is 1. The second kappa shape index (κ2) is 10.6. The maximum Gasteiger partial charge on any atom is 0.247 e. The van der Waals surface area contributed by atoms with Crippen molar-refractivity contribution in [1.29, 1.82) is 0 Å². The Labute approximate surface area is 204 Å². The molecule has 5 nitrogen and oxygen atoms in total. The van der Waals surface area contributed by atoms with Crippen molar-refractivity contribution in [3.63, 3.8) is 0 Å². The molecule has 2 aromatic carbocycles. The molecule has 0 aromatic heterocycles. The number of hydrogen-bond donors (Lipinski definition) is 1. The van der Waals surface area contributed by atoms with Gasteiger partial charge in [-0.15, -0.1) is 0 Å². The molecule has 1 amide bonds. The topological polar surface area (TPSA) is 53.0 Å². The maximum absolute atomic E-state index is 13.4. The van der Waals surface area contributed by atoms with E-state index in [0.29, 0.717) is 13.0 Å². The van der Waals surface area contributed by atoms with E-state index in [-0.39, 0.29) is 17.9 Å². The third kappa shape index (κ3) is 5.00. The number of carbonyl (C=O) groups is 1. The monoisotopic (exact) mass is 462 g/mol. The number of fused-ring (bicyclic) bond motifs is 1. The summed E-state index contributed by atoms with van der Waals surface area (Å²) in [5.41, 5.74) is 2.59. The van der Waals surface area contributed by atoms with Gasteiger partial charge in [0.2, 0.25) is 5.91 Å². The van der Waals surface area contributed by atoms with Crippen molar-refractivity contribution >= 4 is 17.7 Å². The number of methoxy groups -OCH3 is 1. The molecule has 2 aliphatic rings. The fraction of sp³-hybridized carbons (Fsp3) is 0.483. The molecule has 2 aromatic rings. The second-order valence-electron chi connectivity index (χ2n) is 9.55. The smallest absolute Gasteiger partial charge is 0.247 e. The summed E-state index contributed by atoms with van der Waals surface area (Å²) in [5, 5.41) is 11.5. The largest absolute Gasteiger partial charge is 0.497 e. The van der Waals surface area contributed by atoms with Gasteiger partial charge in [-0.2, -0.15) is 0 Å². The molecule has 1 aliphatic carbocycles. The van der Waals surface area contributed by atoms with Crippen LogP contribution in [0.2, 0.25) is 0 Å². The van der Waals surface area contributed by atoms with E-state index >= 15 is 0 Å². The maximum atomic E-state index is 13.4. The number of carbonyl (C=O) groups excluding carboxylic acids is 1. The van der Waals surface area contributed by atoms with Crippen molar-refractivity contribution in [3.05, 3.63) is 65.7 Å². The summed E-state index contributed by atoms with van der Waals surface area (Å²) in [7, 11) is 1.64. The zero-order valence-electron chi connectivity index (χ0n) is 20.7. The van der Waals surface area contributed by atoms with E-state index in [1.54, 1.807) is 13.2 Å². The molecule has 1 saturated carbocycles. The molecule has 1 heterocycles. The van der Waals surface area contributed by atoms with Gasteiger partial charge in [-0.25, -0.2) is 0 Å². The lowest BCUT2D eigenvalue weighted by molar-refractivity contribution is -0.150. The molecular formula is C29H38N2O3. The Balaban J connectivity index is 1.62. The SMILES string of the molecule is CCN(CC)c1ccc(C2C3CCCCC3(O)CCN2C(=O)/C=C/c2ccc(OC)cc2)cc1. The molecule has 0 bridgehead atoms. The number of amides is 1. The Morgan fingerprint density at radius 3 is 2.44 bits per heavy atom. The van der Waals surface area contributed by atoms with Gasteiger partial charge in [0.1, 0.15) is 5.75 Å². The van der Waals surface area contributed by atoms with E-state index in [1.165, 1.54) is 5.69 Å². The highest BCUT2D eigenvalue weighted by molar-refractivity contribution is 5.92. The molecule has 2 fully saturated rings. The predicted octanol–water partition coefficient (Wildman–Crippen LogP) is 5.45. The summed E-state index contributed by atoms with van der Waals surface area (Å²) < 4.78 is 5.22. The Morgan fingerprint density at radius 1 is 1.09 bits per heavy atom. The third-order valence-electron chi connectivity index (χ3n) is 7.75. The first-order valence-corrected chi connectivity index (χ1v) is 12.7. The van der Waals surface area contributed by atoms with Crippen molar-refractivity contribution in [1.82, 2.24) is 4.90 Å². The number of rotatable bonds is 7. The average Bonchev–Trinajstić information content (AvgIpc) is 2.88. The summed E-state index contributed by atoms with van der Waals surface area (Å²) in [4.78, 5) is 17.8. The van der Waals surface area contributed by atoms with Crippen molar-refractivity contribution in [2.24, 2.45) is 5.92 Å². The van der Waals surface area contributed by atoms with Crippen molar-refractivity contribution < 1.29 is 14.6 Å². The molecular weight excluding hydrogens is 424 g/mol. The van der Waals surface area contributed by atoms with Gasteiger partial charge in [0, 0.05) is 37.3 Å². The van der Waals surface area contributed by atoms with Gasteiger partial charge in [0.25, 0.3) is 0 Å². The van der Waals surface area contributed by atoms with Gasteiger partial charge in [-0.1, -0.05) is 37.1 Å². The molecule has 1 N–H and O–H groups in total. The number of hydrogen-bond acceptors (Lipinski definition) is 4. The molecule has 1 aliphatic heterocycles. The number of nitrogens with zero attached hydrogens (tertiary/aromatic N) is 2. The molecule has 182 valence electrons. The first-order chi connectivity index (χ1) is 16.5. The van der Waals surface area contributed by atoms with E-state index in [2.05, 4.69) is 43.0 Å². The lowest BCUT2D eigenvalue weighted by atomic mass is 9.66. The summed E-state index contributed by atoms with van der Waals surface area (Å²) in [6.07, 6.45) is 8.13. The molecule has 3 unspecified atom stereocenters. The van der Waals surface area contributed by atoms with Gasteiger partial charge in [0.15, 0.2) is 0 Å². The van der Waals surface area contributed by atoms with Crippen LogP contribution < -0.4 is 9.64 Å². The van der Waals surface area contributed by atoms with Gasteiger partial charge in [-0.05, 0) is 74.6 Å². The molecule has 1 saturated heterocycles. The zero-order valence-corrected chi connectivity index (χ0v) is 20.7. The number of aliphatic hydroxyl groups is 1. The van der Waals surface area contributed by atoms with Crippen molar-refractivity contribution in [3.8, 4) is 5.75 Å². The quantitative estimate of drug-likeness (QED) is 0.556.